The lowest BCUT2D eigenvalue weighted by atomic mass is 9.94. The summed E-state index contributed by atoms with van der Waals surface area (Å²) in [5.41, 5.74) is 0. The fourth-order valence-corrected chi connectivity index (χ4v) is 4.74. The van der Waals surface area contributed by atoms with E-state index in [4.69, 9.17) is 14.6 Å². The minimum Gasteiger partial charge on any atom is -0.475 e. The summed E-state index contributed by atoms with van der Waals surface area (Å²) in [6.45, 7) is 8.00. The van der Waals surface area contributed by atoms with E-state index in [1.54, 1.807) is 17.8 Å². The van der Waals surface area contributed by atoms with Crippen molar-refractivity contribution in [1.29, 1.82) is 0 Å². The van der Waals surface area contributed by atoms with E-state index in [0.717, 1.165) is 26.1 Å². The summed E-state index contributed by atoms with van der Waals surface area (Å²) in [6.07, 6.45) is 0.638. The van der Waals surface area contributed by atoms with Gasteiger partial charge in [0.25, 0.3) is 10.0 Å². The van der Waals surface area contributed by atoms with E-state index in [9.17, 15) is 21.6 Å². The van der Waals surface area contributed by atoms with Gasteiger partial charge in [0.1, 0.15) is 0 Å². The minimum atomic E-state index is -5.08. The number of fused-ring (bicyclic) bond motifs is 1. The molecular weight excluding hydrogens is 429 g/mol. The van der Waals surface area contributed by atoms with E-state index in [1.807, 2.05) is 6.08 Å². The number of carboxylic acid groups (broad SMARTS) is 1. The minimum absolute atomic E-state index is 0.0444. The Hall–Kier alpha value is -1.96. The first kappa shape index (κ1) is 24.3. The Bertz CT molecular complexity index is 843. The SMILES string of the molecule is C=CCN1CCO[C@@H]2CN(S(=O)(=O)c3cn(C)cn3)CC[C@@H]2C1.O=C(O)C(F)(F)F. The van der Waals surface area contributed by atoms with Gasteiger partial charge in [-0.2, -0.15) is 17.5 Å². The summed E-state index contributed by atoms with van der Waals surface area (Å²) in [4.78, 5) is 15.2. The van der Waals surface area contributed by atoms with Crippen LogP contribution in [0.4, 0.5) is 13.2 Å². The third-order valence-electron chi connectivity index (χ3n) is 4.81. The molecule has 0 unspecified atom stereocenters. The Labute approximate surface area is 172 Å². The summed E-state index contributed by atoms with van der Waals surface area (Å²) in [7, 11) is -1.77. The summed E-state index contributed by atoms with van der Waals surface area (Å²) in [6, 6.07) is 0. The molecule has 0 spiro atoms. The Morgan fingerprint density at radius 2 is 2.07 bits per heavy atom. The molecule has 0 radical (unpaired) electrons. The van der Waals surface area contributed by atoms with Crippen LogP contribution in [0.25, 0.3) is 0 Å². The van der Waals surface area contributed by atoms with Crippen LogP contribution in [-0.2, 0) is 26.6 Å². The summed E-state index contributed by atoms with van der Waals surface area (Å²) in [5, 5.41) is 7.24. The summed E-state index contributed by atoms with van der Waals surface area (Å²) < 4.78 is 66.2. The molecule has 2 aliphatic heterocycles. The van der Waals surface area contributed by atoms with Crippen molar-refractivity contribution in [3.05, 3.63) is 25.2 Å². The number of halogens is 3. The van der Waals surface area contributed by atoms with E-state index in [2.05, 4.69) is 16.5 Å². The molecule has 2 aliphatic rings. The van der Waals surface area contributed by atoms with Crippen molar-refractivity contribution in [2.45, 2.75) is 23.7 Å². The largest absolute Gasteiger partial charge is 0.490 e. The molecule has 1 N–H and O–H groups in total. The van der Waals surface area contributed by atoms with Gasteiger partial charge < -0.3 is 14.4 Å². The molecule has 0 bridgehead atoms. The monoisotopic (exact) mass is 454 g/mol. The van der Waals surface area contributed by atoms with E-state index in [0.29, 0.717) is 25.6 Å². The molecule has 0 amide bonds. The highest BCUT2D eigenvalue weighted by Crippen LogP contribution is 2.27. The van der Waals surface area contributed by atoms with Crippen molar-refractivity contribution in [3.63, 3.8) is 0 Å². The van der Waals surface area contributed by atoms with Crippen LogP contribution in [0, 0.1) is 5.92 Å². The van der Waals surface area contributed by atoms with Crippen LogP contribution >= 0.6 is 0 Å². The topological polar surface area (TPSA) is 105 Å². The maximum atomic E-state index is 12.7. The Kier molecular flexibility index (Phi) is 8.02. The van der Waals surface area contributed by atoms with Gasteiger partial charge in [-0.05, 0) is 6.42 Å². The zero-order chi connectivity index (χ0) is 22.5. The number of nitrogens with zero attached hydrogens (tertiary/aromatic N) is 4. The maximum Gasteiger partial charge on any atom is 0.490 e. The first-order chi connectivity index (χ1) is 13.9. The summed E-state index contributed by atoms with van der Waals surface area (Å²) in [5.74, 6) is -2.39. The van der Waals surface area contributed by atoms with Gasteiger partial charge in [-0.1, -0.05) is 6.08 Å². The number of aromatic nitrogens is 2. The van der Waals surface area contributed by atoms with Crippen LogP contribution in [0.1, 0.15) is 6.42 Å². The highest BCUT2D eigenvalue weighted by molar-refractivity contribution is 7.89. The van der Waals surface area contributed by atoms with E-state index < -0.39 is 22.2 Å². The van der Waals surface area contributed by atoms with Crippen LogP contribution < -0.4 is 0 Å². The number of hydrogen-bond donors (Lipinski definition) is 1. The first-order valence-electron chi connectivity index (χ1n) is 9.18. The summed E-state index contributed by atoms with van der Waals surface area (Å²) >= 11 is 0. The van der Waals surface area contributed by atoms with Crippen molar-refractivity contribution in [1.82, 2.24) is 18.8 Å². The number of carboxylic acids is 1. The average Bonchev–Trinajstić information content (AvgIpc) is 2.99. The molecule has 2 fully saturated rings. The highest BCUT2D eigenvalue weighted by atomic mass is 32.2. The van der Waals surface area contributed by atoms with Gasteiger partial charge in [0, 0.05) is 51.9 Å². The molecule has 2 saturated heterocycles. The molecule has 170 valence electrons. The smallest absolute Gasteiger partial charge is 0.475 e. The van der Waals surface area contributed by atoms with Gasteiger partial charge in [-0.3, -0.25) is 4.90 Å². The standard InChI is InChI=1S/C15H24N4O3S.C2HF3O2/c1-3-5-18-7-8-22-14-10-19(6-4-13(14)9-18)23(20,21)15-11-17(2)12-16-15;3-2(4,5)1(6)7/h3,11-14H,1,4-10H2,2H3;(H,6,7)/t13-,14-;/m1./s1. The molecule has 30 heavy (non-hydrogen) atoms. The number of aryl methyl sites for hydroxylation is 1. The van der Waals surface area contributed by atoms with Crippen LogP contribution in [0.15, 0.2) is 30.2 Å². The third kappa shape index (κ3) is 6.27. The molecule has 3 rings (SSSR count). The Balaban J connectivity index is 0.000000396. The van der Waals surface area contributed by atoms with Crippen LogP contribution in [0.2, 0.25) is 0 Å². The average molecular weight is 454 g/mol. The second-order valence-electron chi connectivity index (χ2n) is 7.05. The molecule has 3 heterocycles. The lowest BCUT2D eigenvalue weighted by Crippen LogP contribution is -2.49. The lowest BCUT2D eigenvalue weighted by Gasteiger charge is -2.36. The predicted molar refractivity (Wildman–Crippen MR) is 100 cm³/mol. The van der Waals surface area contributed by atoms with Crippen molar-refractivity contribution in [2.24, 2.45) is 13.0 Å². The van der Waals surface area contributed by atoms with Crippen LogP contribution in [0.3, 0.4) is 0 Å². The van der Waals surface area contributed by atoms with Crippen molar-refractivity contribution < 1.29 is 36.2 Å². The molecule has 2 atom stereocenters. The fourth-order valence-electron chi connectivity index (χ4n) is 3.31. The number of imidazole rings is 1. The molecule has 0 aromatic carbocycles. The second kappa shape index (κ2) is 9.90. The van der Waals surface area contributed by atoms with Crippen molar-refractivity contribution in [2.75, 3.05) is 39.3 Å². The van der Waals surface area contributed by atoms with Crippen molar-refractivity contribution >= 4 is 16.0 Å². The number of sulfonamides is 1. The number of aliphatic carboxylic acids is 1. The number of piperidine rings is 1. The van der Waals surface area contributed by atoms with Crippen LogP contribution in [-0.4, -0.2) is 89.9 Å². The number of rotatable bonds is 4. The zero-order valence-electron chi connectivity index (χ0n) is 16.5. The highest BCUT2D eigenvalue weighted by Gasteiger charge is 2.39. The molecular formula is C17H25F3N4O5S. The molecule has 9 nitrogen and oxygen atoms in total. The number of hydrogen-bond acceptors (Lipinski definition) is 6. The fraction of sp³-hybridized carbons (Fsp3) is 0.647. The number of ether oxygens (including phenoxy) is 1. The zero-order valence-corrected chi connectivity index (χ0v) is 17.3. The van der Waals surface area contributed by atoms with Gasteiger partial charge in [-0.15, -0.1) is 6.58 Å². The Morgan fingerprint density at radius 3 is 2.60 bits per heavy atom. The molecule has 0 saturated carbocycles. The number of alkyl halides is 3. The molecule has 1 aromatic rings. The Morgan fingerprint density at radius 1 is 1.40 bits per heavy atom. The first-order valence-corrected chi connectivity index (χ1v) is 10.6. The van der Waals surface area contributed by atoms with Crippen molar-refractivity contribution in [3.8, 4) is 0 Å². The van der Waals surface area contributed by atoms with E-state index in [1.165, 1.54) is 10.6 Å². The lowest BCUT2D eigenvalue weighted by molar-refractivity contribution is -0.192. The molecule has 13 heteroatoms. The number of carbonyl (C=O) groups is 1. The molecule has 1 aromatic heterocycles. The van der Waals surface area contributed by atoms with Crippen LogP contribution in [0.5, 0.6) is 0 Å². The van der Waals surface area contributed by atoms with Gasteiger partial charge in [0.05, 0.1) is 19.0 Å². The second-order valence-corrected chi connectivity index (χ2v) is 8.93. The van der Waals surface area contributed by atoms with Gasteiger partial charge >= 0.3 is 12.1 Å². The molecule has 0 aliphatic carbocycles. The normalized spacial score (nSPS) is 23.6. The van der Waals surface area contributed by atoms with E-state index >= 15 is 0 Å². The van der Waals surface area contributed by atoms with E-state index in [-0.39, 0.29) is 11.1 Å². The van der Waals surface area contributed by atoms with Gasteiger partial charge in [0.15, 0.2) is 5.03 Å². The third-order valence-corrected chi connectivity index (χ3v) is 6.56. The van der Waals surface area contributed by atoms with Gasteiger partial charge in [-0.25, -0.2) is 18.2 Å². The predicted octanol–water partition coefficient (Wildman–Crippen LogP) is 0.951. The quantitative estimate of drug-likeness (QED) is 0.676. The van der Waals surface area contributed by atoms with Gasteiger partial charge in [0.2, 0.25) is 0 Å². The maximum absolute atomic E-state index is 12.7.